The number of alkyl halides is 3. The molecule has 0 N–H and O–H groups in total. The lowest BCUT2D eigenvalue weighted by Gasteiger charge is -2.01. The highest BCUT2D eigenvalue weighted by atomic mass is 19.4. The molecule has 0 saturated heterocycles. The Morgan fingerprint density at radius 2 is 1.59 bits per heavy atom. The minimum Gasteiger partial charge on any atom is -0.289 e. The van der Waals surface area contributed by atoms with Crippen LogP contribution in [0.1, 0.15) is 58.3 Å². The maximum absolute atomic E-state index is 11.8. The van der Waals surface area contributed by atoms with Gasteiger partial charge in [0.25, 0.3) is 0 Å². The van der Waals surface area contributed by atoms with Crippen LogP contribution in [0.2, 0.25) is 0 Å². The first-order chi connectivity index (χ1) is 7.98. The molecular weight excluding hydrogens is 229 g/mol. The Labute approximate surface area is 101 Å². The zero-order valence-electron chi connectivity index (χ0n) is 10.4. The molecule has 0 heterocycles. The van der Waals surface area contributed by atoms with Crippen molar-refractivity contribution >= 4 is 5.78 Å². The molecule has 0 aliphatic heterocycles. The Kier molecular flexibility index (Phi) is 8.82. The lowest BCUT2D eigenvalue weighted by Crippen LogP contribution is -2.21. The number of hydrogen-bond acceptors (Lipinski definition) is 1. The number of carbonyl (C=O) groups excluding carboxylic acids is 1. The SMILES string of the molecule is CCCCCCCC/C=C\CC(=O)C(F)(F)F. The van der Waals surface area contributed by atoms with Gasteiger partial charge in [-0.15, -0.1) is 0 Å². The van der Waals surface area contributed by atoms with Crippen LogP contribution in [0.25, 0.3) is 0 Å². The largest absolute Gasteiger partial charge is 0.450 e. The molecule has 0 aromatic rings. The fourth-order valence-corrected chi connectivity index (χ4v) is 1.47. The molecule has 0 amide bonds. The van der Waals surface area contributed by atoms with E-state index < -0.39 is 18.4 Å². The highest BCUT2D eigenvalue weighted by Gasteiger charge is 2.36. The van der Waals surface area contributed by atoms with E-state index in [1.54, 1.807) is 6.08 Å². The third-order valence-electron chi connectivity index (χ3n) is 2.51. The summed E-state index contributed by atoms with van der Waals surface area (Å²) in [5, 5.41) is 0. The van der Waals surface area contributed by atoms with Crippen molar-refractivity contribution in [3.8, 4) is 0 Å². The molecule has 0 radical (unpaired) electrons. The molecule has 0 saturated carbocycles. The summed E-state index contributed by atoms with van der Waals surface area (Å²) in [4.78, 5) is 10.5. The summed E-state index contributed by atoms with van der Waals surface area (Å²) in [6, 6.07) is 0. The molecular formula is C13H21F3O. The maximum atomic E-state index is 11.8. The van der Waals surface area contributed by atoms with Gasteiger partial charge in [-0.3, -0.25) is 4.79 Å². The number of halogens is 3. The molecule has 0 unspecified atom stereocenters. The Morgan fingerprint density at radius 1 is 1.00 bits per heavy atom. The highest BCUT2D eigenvalue weighted by Crippen LogP contribution is 2.18. The van der Waals surface area contributed by atoms with Gasteiger partial charge in [0.05, 0.1) is 0 Å². The predicted octanol–water partition coefficient (Wildman–Crippen LogP) is 4.81. The number of Topliss-reactive ketones (excluding diaryl/α,β-unsaturated/α-hetero) is 1. The summed E-state index contributed by atoms with van der Waals surface area (Å²) in [6.07, 6.45) is 5.50. The lowest BCUT2D eigenvalue weighted by atomic mass is 10.1. The average molecular weight is 250 g/mol. The van der Waals surface area contributed by atoms with Gasteiger partial charge in [0.1, 0.15) is 0 Å². The van der Waals surface area contributed by atoms with Crippen molar-refractivity contribution in [2.24, 2.45) is 0 Å². The number of allylic oxidation sites excluding steroid dienone is 2. The number of carbonyl (C=O) groups is 1. The van der Waals surface area contributed by atoms with Crippen LogP contribution in [0.15, 0.2) is 12.2 Å². The predicted molar refractivity (Wildman–Crippen MR) is 62.8 cm³/mol. The van der Waals surface area contributed by atoms with Crippen LogP contribution in [0.5, 0.6) is 0 Å². The standard InChI is InChI=1S/C13H21F3O/c1-2-3-4-5-6-7-8-9-10-11-12(17)13(14,15)16/h9-10H,2-8,11H2,1H3/b10-9-. The first-order valence-electron chi connectivity index (χ1n) is 6.23. The van der Waals surface area contributed by atoms with Gasteiger partial charge in [-0.25, -0.2) is 0 Å². The van der Waals surface area contributed by atoms with Crippen molar-refractivity contribution in [2.45, 2.75) is 64.5 Å². The molecule has 17 heavy (non-hydrogen) atoms. The average Bonchev–Trinajstić information content (AvgIpc) is 2.25. The molecule has 0 aliphatic rings. The smallest absolute Gasteiger partial charge is 0.289 e. The van der Waals surface area contributed by atoms with E-state index in [1.165, 1.54) is 31.8 Å². The highest BCUT2D eigenvalue weighted by molar-refractivity contribution is 5.85. The molecule has 0 bridgehead atoms. The topological polar surface area (TPSA) is 17.1 Å². The minimum atomic E-state index is -4.69. The first kappa shape index (κ1) is 16.2. The van der Waals surface area contributed by atoms with Crippen LogP contribution in [0.3, 0.4) is 0 Å². The molecule has 0 fully saturated rings. The van der Waals surface area contributed by atoms with E-state index >= 15 is 0 Å². The zero-order chi connectivity index (χ0) is 13.1. The third kappa shape index (κ3) is 10.1. The lowest BCUT2D eigenvalue weighted by molar-refractivity contribution is -0.170. The van der Waals surface area contributed by atoms with Crippen LogP contribution in [-0.4, -0.2) is 12.0 Å². The monoisotopic (exact) mass is 250 g/mol. The molecule has 0 spiro atoms. The van der Waals surface area contributed by atoms with Gasteiger partial charge in [0.15, 0.2) is 0 Å². The van der Waals surface area contributed by atoms with Gasteiger partial charge in [0.2, 0.25) is 5.78 Å². The van der Waals surface area contributed by atoms with E-state index in [4.69, 9.17) is 0 Å². The summed E-state index contributed by atoms with van der Waals surface area (Å²) in [5.41, 5.74) is 0. The van der Waals surface area contributed by atoms with Crippen molar-refractivity contribution in [1.82, 2.24) is 0 Å². The fraction of sp³-hybridized carbons (Fsp3) is 0.769. The quantitative estimate of drug-likeness (QED) is 0.423. The van der Waals surface area contributed by atoms with E-state index in [9.17, 15) is 18.0 Å². The molecule has 100 valence electrons. The van der Waals surface area contributed by atoms with Gasteiger partial charge in [-0.1, -0.05) is 51.2 Å². The van der Waals surface area contributed by atoms with E-state index in [0.717, 1.165) is 19.3 Å². The van der Waals surface area contributed by atoms with Crippen LogP contribution >= 0.6 is 0 Å². The van der Waals surface area contributed by atoms with Crippen molar-refractivity contribution in [2.75, 3.05) is 0 Å². The summed E-state index contributed by atoms with van der Waals surface area (Å²) in [6.45, 7) is 2.15. The van der Waals surface area contributed by atoms with Crippen molar-refractivity contribution in [1.29, 1.82) is 0 Å². The molecule has 4 heteroatoms. The Balaban J connectivity index is 3.40. The van der Waals surface area contributed by atoms with Crippen LogP contribution in [-0.2, 0) is 4.79 Å². The van der Waals surface area contributed by atoms with Gasteiger partial charge in [0, 0.05) is 6.42 Å². The fourth-order valence-electron chi connectivity index (χ4n) is 1.47. The first-order valence-corrected chi connectivity index (χ1v) is 6.23. The summed E-state index contributed by atoms with van der Waals surface area (Å²) < 4.78 is 35.4. The van der Waals surface area contributed by atoms with Gasteiger partial charge < -0.3 is 0 Å². The normalized spacial score (nSPS) is 12.2. The number of ketones is 1. The van der Waals surface area contributed by atoms with Gasteiger partial charge in [-0.2, -0.15) is 13.2 Å². The molecule has 0 aromatic carbocycles. The minimum absolute atomic E-state index is 0.528. The van der Waals surface area contributed by atoms with Crippen molar-refractivity contribution in [3.05, 3.63) is 12.2 Å². The summed E-state index contributed by atoms with van der Waals surface area (Å²) >= 11 is 0. The number of hydrogen-bond donors (Lipinski definition) is 0. The zero-order valence-corrected chi connectivity index (χ0v) is 10.4. The second-order valence-electron chi connectivity index (χ2n) is 4.15. The van der Waals surface area contributed by atoms with E-state index in [2.05, 4.69) is 6.92 Å². The van der Waals surface area contributed by atoms with Crippen molar-refractivity contribution < 1.29 is 18.0 Å². The molecule has 1 nitrogen and oxygen atoms in total. The van der Waals surface area contributed by atoms with E-state index in [-0.39, 0.29) is 0 Å². The summed E-state index contributed by atoms with van der Waals surface area (Å²) in [7, 11) is 0. The van der Waals surface area contributed by atoms with Crippen LogP contribution < -0.4 is 0 Å². The molecule has 0 aliphatic carbocycles. The third-order valence-corrected chi connectivity index (χ3v) is 2.51. The van der Waals surface area contributed by atoms with Crippen LogP contribution in [0.4, 0.5) is 13.2 Å². The molecule has 0 aromatic heterocycles. The Morgan fingerprint density at radius 3 is 2.18 bits per heavy atom. The van der Waals surface area contributed by atoms with Gasteiger partial charge >= 0.3 is 6.18 Å². The van der Waals surface area contributed by atoms with E-state index in [1.807, 2.05) is 0 Å². The second-order valence-corrected chi connectivity index (χ2v) is 4.15. The Hall–Kier alpha value is -0.800. The second kappa shape index (κ2) is 9.25. The summed E-state index contributed by atoms with van der Waals surface area (Å²) in [5.74, 6) is -1.67. The maximum Gasteiger partial charge on any atom is 0.450 e. The number of rotatable bonds is 9. The number of unbranched alkanes of at least 4 members (excludes halogenated alkanes) is 6. The Bertz CT molecular complexity index is 231. The van der Waals surface area contributed by atoms with E-state index in [0.29, 0.717) is 0 Å². The molecule has 0 rings (SSSR count). The molecule has 0 atom stereocenters. The van der Waals surface area contributed by atoms with Crippen molar-refractivity contribution in [3.63, 3.8) is 0 Å². The van der Waals surface area contributed by atoms with Gasteiger partial charge in [-0.05, 0) is 12.8 Å². The van der Waals surface area contributed by atoms with Crippen LogP contribution in [0, 0.1) is 0 Å².